The third kappa shape index (κ3) is 2.50. The molecule has 0 amide bonds. The molecule has 0 heterocycles. The standard InChI is InChI=1S/C10H9BrO4/c1-3-8(12)15-10-6(11)4-5-7(14-2)9(10)13/h3-5,13H,1H2,2H3. The molecule has 15 heavy (non-hydrogen) atoms. The molecule has 0 saturated carbocycles. The number of ether oxygens (including phenoxy) is 2. The molecule has 1 N–H and O–H groups in total. The van der Waals surface area contributed by atoms with Crippen LogP contribution < -0.4 is 9.47 Å². The van der Waals surface area contributed by atoms with Gasteiger partial charge in [-0.1, -0.05) is 6.58 Å². The Morgan fingerprint density at radius 3 is 2.80 bits per heavy atom. The van der Waals surface area contributed by atoms with Gasteiger partial charge in [0.05, 0.1) is 11.6 Å². The lowest BCUT2D eigenvalue weighted by molar-refractivity contribution is -0.129. The number of phenolic OH excluding ortho intramolecular Hbond substituents is 1. The predicted molar refractivity (Wildman–Crippen MR) is 58.2 cm³/mol. The summed E-state index contributed by atoms with van der Waals surface area (Å²) in [5, 5.41) is 9.65. The van der Waals surface area contributed by atoms with Crippen molar-refractivity contribution in [2.45, 2.75) is 0 Å². The maximum absolute atomic E-state index is 11.0. The van der Waals surface area contributed by atoms with E-state index >= 15 is 0 Å². The Balaban J connectivity index is 3.14. The molecule has 0 bridgehead atoms. The lowest BCUT2D eigenvalue weighted by atomic mass is 10.3. The number of methoxy groups -OCH3 is 1. The van der Waals surface area contributed by atoms with E-state index in [-0.39, 0.29) is 17.2 Å². The molecule has 1 aromatic rings. The van der Waals surface area contributed by atoms with Crippen LogP contribution in [0.25, 0.3) is 0 Å². The third-order valence-electron chi connectivity index (χ3n) is 1.64. The van der Waals surface area contributed by atoms with Gasteiger partial charge in [-0.25, -0.2) is 4.79 Å². The van der Waals surface area contributed by atoms with Gasteiger partial charge < -0.3 is 14.6 Å². The number of hydrogen-bond donors (Lipinski definition) is 1. The maximum atomic E-state index is 11.0. The minimum atomic E-state index is -0.653. The summed E-state index contributed by atoms with van der Waals surface area (Å²) in [6, 6.07) is 3.15. The van der Waals surface area contributed by atoms with E-state index in [0.717, 1.165) is 6.08 Å². The number of carbonyl (C=O) groups is 1. The van der Waals surface area contributed by atoms with E-state index < -0.39 is 5.97 Å². The summed E-state index contributed by atoms with van der Waals surface area (Å²) in [7, 11) is 1.40. The Labute approximate surface area is 95.3 Å². The van der Waals surface area contributed by atoms with Crippen molar-refractivity contribution in [3.05, 3.63) is 29.3 Å². The van der Waals surface area contributed by atoms with E-state index in [1.54, 1.807) is 12.1 Å². The number of benzene rings is 1. The Kier molecular flexibility index (Phi) is 3.74. The molecular weight excluding hydrogens is 264 g/mol. The Morgan fingerprint density at radius 2 is 2.27 bits per heavy atom. The van der Waals surface area contributed by atoms with E-state index in [1.165, 1.54) is 7.11 Å². The molecule has 4 nitrogen and oxygen atoms in total. The highest BCUT2D eigenvalue weighted by atomic mass is 79.9. The molecule has 5 heteroatoms. The van der Waals surface area contributed by atoms with Gasteiger partial charge in [-0.05, 0) is 28.1 Å². The molecule has 0 aliphatic rings. The number of phenols is 1. The summed E-state index contributed by atoms with van der Waals surface area (Å²) in [4.78, 5) is 11.0. The summed E-state index contributed by atoms with van der Waals surface area (Å²) >= 11 is 3.14. The van der Waals surface area contributed by atoms with Gasteiger partial charge in [0.1, 0.15) is 0 Å². The van der Waals surface area contributed by atoms with Crippen LogP contribution >= 0.6 is 15.9 Å². The number of esters is 1. The van der Waals surface area contributed by atoms with Crippen LogP contribution in [0.3, 0.4) is 0 Å². The lowest BCUT2D eigenvalue weighted by Gasteiger charge is -2.09. The SMILES string of the molecule is C=CC(=O)Oc1c(Br)ccc(OC)c1O. The molecule has 0 atom stereocenters. The van der Waals surface area contributed by atoms with Crippen molar-refractivity contribution in [1.29, 1.82) is 0 Å². The second-order valence-electron chi connectivity index (χ2n) is 2.55. The van der Waals surface area contributed by atoms with Crippen LogP contribution in [0, 0.1) is 0 Å². The first-order valence-electron chi connectivity index (χ1n) is 3.99. The Morgan fingerprint density at radius 1 is 1.60 bits per heavy atom. The highest BCUT2D eigenvalue weighted by molar-refractivity contribution is 9.10. The highest BCUT2D eigenvalue weighted by Crippen LogP contribution is 2.41. The number of carbonyl (C=O) groups excluding carboxylic acids is 1. The molecule has 0 spiro atoms. The van der Waals surface area contributed by atoms with Gasteiger partial charge >= 0.3 is 5.97 Å². The molecule has 1 aromatic carbocycles. The van der Waals surface area contributed by atoms with Crippen molar-refractivity contribution in [3.63, 3.8) is 0 Å². The van der Waals surface area contributed by atoms with Gasteiger partial charge in [0.2, 0.25) is 5.75 Å². The molecule has 0 aliphatic carbocycles. The normalized spacial score (nSPS) is 9.47. The van der Waals surface area contributed by atoms with Crippen molar-refractivity contribution in [3.8, 4) is 17.2 Å². The van der Waals surface area contributed by atoms with Gasteiger partial charge in [-0.2, -0.15) is 0 Å². The minimum absolute atomic E-state index is 0.0132. The highest BCUT2D eigenvalue weighted by Gasteiger charge is 2.15. The maximum Gasteiger partial charge on any atom is 0.335 e. The number of hydrogen-bond acceptors (Lipinski definition) is 4. The quantitative estimate of drug-likeness (QED) is 0.521. The van der Waals surface area contributed by atoms with Gasteiger partial charge in [0.15, 0.2) is 11.5 Å². The average molecular weight is 273 g/mol. The summed E-state index contributed by atoms with van der Waals surface area (Å²) in [6.07, 6.45) is 1.01. The molecule has 0 unspecified atom stereocenters. The predicted octanol–water partition coefficient (Wildman–Crippen LogP) is 2.25. The van der Waals surface area contributed by atoms with Crippen molar-refractivity contribution >= 4 is 21.9 Å². The van der Waals surface area contributed by atoms with E-state index in [4.69, 9.17) is 9.47 Å². The van der Waals surface area contributed by atoms with E-state index in [2.05, 4.69) is 22.5 Å². The molecular formula is C10H9BrO4. The molecule has 0 saturated heterocycles. The average Bonchev–Trinajstić information content (AvgIpc) is 2.24. The van der Waals surface area contributed by atoms with Crippen LogP contribution in [-0.2, 0) is 4.79 Å². The summed E-state index contributed by atoms with van der Waals surface area (Å²) in [5.41, 5.74) is 0. The fraction of sp³-hybridized carbons (Fsp3) is 0.100. The van der Waals surface area contributed by atoms with Crippen LogP contribution in [0.15, 0.2) is 29.3 Å². The smallest absolute Gasteiger partial charge is 0.335 e. The fourth-order valence-electron chi connectivity index (χ4n) is 0.933. The number of rotatable bonds is 3. The first kappa shape index (κ1) is 11.6. The first-order valence-corrected chi connectivity index (χ1v) is 4.79. The molecule has 0 aromatic heterocycles. The van der Waals surface area contributed by atoms with Gasteiger partial charge in [0, 0.05) is 6.08 Å². The second-order valence-corrected chi connectivity index (χ2v) is 3.41. The summed E-state index contributed by atoms with van der Waals surface area (Å²) in [6.45, 7) is 3.26. The topological polar surface area (TPSA) is 55.8 Å². The van der Waals surface area contributed by atoms with Gasteiger partial charge in [0.25, 0.3) is 0 Å². The second kappa shape index (κ2) is 4.84. The third-order valence-corrected chi connectivity index (χ3v) is 2.26. The summed E-state index contributed by atoms with van der Waals surface area (Å²) < 4.78 is 10.2. The largest absolute Gasteiger partial charge is 0.502 e. The van der Waals surface area contributed by atoms with E-state index in [1.807, 2.05) is 0 Å². The van der Waals surface area contributed by atoms with E-state index in [0.29, 0.717) is 4.47 Å². The van der Waals surface area contributed by atoms with Crippen molar-refractivity contribution in [2.75, 3.05) is 7.11 Å². The zero-order chi connectivity index (χ0) is 11.4. The van der Waals surface area contributed by atoms with Crippen LogP contribution in [0.1, 0.15) is 0 Å². The monoisotopic (exact) mass is 272 g/mol. The van der Waals surface area contributed by atoms with Crippen LogP contribution in [0.4, 0.5) is 0 Å². The van der Waals surface area contributed by atoms with Gasteiger partial charge in [-0.3, -0.25) is 0 Å². The summed E-state index contributed by atoms with van der Waals surface area (Å²) in [5.74, 6) is -0.648. The first-order chi connectivity index (χ1) is 7.10. The van der Waals surface area contributed by atoms with E-state index in [9.17, 15) is 9.90 Å². The Bertz CT molecular complexity index is 401. The molecule has 0 aliphatic heterocycles. The van der Waals surface area contributed by atoms with Crippen molar-refractivity contribution < 1.29 is 19.4 Å². The zero-order valence-corrected chi connectivity index (χ0v) is 9.58. The van der Waals surface area contributed by atoms with Crippen molar-refractivity contribution in [2.24, 2.45) is 0 Å². The number of aromatic hydroxyl groups is 1. The van der Waals surface area contributed by atoms with Gasteiger partial charge in [-0.15, -0.1) is 0 Å². The Hall–Kier alpha value is -1.49. The van der Waals surface area contributed by atoms with Crippen LogP contribution in [0.2, 0.25) is 0 Å². The molecule has 1 rings (SSSR count). The molecule has 80 valence electrons. The number of halogens is 1. The van der Waals surface area contributed by atoms with Crippen molar-refractivity contribution in [1.82, 2.24) is 0 Å². The van der Waals surface area contributed by atoms with Crippen LogP contribution in [0.5, 0.6) is 17.2 Å². The minimum Gasteiger partial charge on any atom is -0.502 e. The molecule has 0 fully saturated rings. The van der Waals surface area contributed by atoms with Crippen LogP contribution in [-0.4, -0.2) is 18.2 Å². The fourth-order valence-corrected chi connectivity index (χ4v) is 1.33. The zero-order valence-electron chi connectivity index (χ0n) is 7.99. The lowest BCUT2D eigenvalue weighted by Crippen LogP contribution is -2.04. The molecule has 0 radical (unpaired) electrons.